The zero-order chi connectivity index (χ0) is 9.68. The number of rotatable bonds is 4. The molecular formula is C8H17N3O2. The average molecular weight is 187 g/mol. The largest absolute Gasteiger partial charge is 0.409 e. The third-order valence-corrected chi connectivity index (χ3v) is 2.41. The lowest BCUT2D eigenvalue weighted by atomic mass is 10.0. The minimum Gasteiger partial charge on any atom is -0.409 e. The van der Waals surface area contributed by atoms with Crippen molar-refractivity contribution in [1.29, 1.82) is 0 Å². The smallest absolute Gasteiger partial charge is 0.153 e. The maximum absolute atomic E-state index is 8.31. The first-order valence-electron chi connectivity index (χ1n) is 4.51. The Morgan fingerprint density at radius 2 is 2.62 bits per heavy atom. The topological polar surface area (TPSA) is 79.9 Å². The van der Waals surface area contributed by atoms with Crippen LogP contribution in [0.3, 0.4) is 0 Å². The van der Waals surface area contributed by atoms with Gasteiger partial charge in [0.1, 0.15) is 0 Å². The van der Waals surface area contributed by atoms with Crippen molar-refractivity contribution in [3.63, 3.8) is 0 Å². The van der Waals surface area contributed by atoms with Crippen molar-refractivity contribution in [2.75, 3.05) is 19.8 Å². The van der Waals surface area contributed by atoms with Crippen molar-refractivity contribution in [1.82, 2.24) is 5.32 Å². The van der Waals surface area contributed by atoms with E-state index < -0.39 is 0 Å². The van der Waals surface area contributed by atoms with Crippen molar-refractivity contribution in [3.8, 4) is 0 Å². The van der Waals surface area contributed by atoms with E-state index in [1.807, 2.05) is 0 Å². The summed E-state index contributed by atoms with van der Waals surface area (Å²) in [6.45, 7) is 4.17. The van der Waals surface area contributed by atoms with E-state index in [0.717, 1.165) is 19.6 Å². The molecule has 0 saturated carbocycles. The van der Waals surface area contributed by atoms with Crippen LogP contribution in [0.2, 0.25) is 0 Å². The van der Waals surface area contributed by atoms with Gasteiger partial charge >= 0.3 is 0 Å². The second kappa shape index (κ2) is 5.04. The SMILES string of the molecule is CC(NCC(N)=NO)C1CCOC1. The summed E-state index contributed by atoms with van der Waals surface area (Å²) in [6.07, 6.45) is 1.09. The average Bonchev–Trinajstić information content (AvgIpc) is 2.66. The van der Waals surface area contributed by atoms with Crippen LogP contribution in [0.4, 0.5) is 0 Å². The summed E-state index contributed by atoms with van der Waals surface area (Å²) in [5, 5.41) is 14.4. The van der Waals surface area contributed by atoms with Crippen molar-refractivity contribution in [2.24, 2.45) is 16.8 Å². The molecule has 0 aliphatic carbocycles. The molecule has 13 heavy (non-hydrogen) atoms. The third kappa shape index (κ3) is 3.20. The molecular weight excluding hydrogens is 170 g/mol. The van der Waals surface area contributed by atoms with Gasteiger partial charge in [-0.15, -0.1) is 0 Å². The Labute approximate surface area is 77.9 Å². The highest BCUT2D eigenvalue weighted by Gasteiger charge is 2.21. The highest BCUT2D eigenvalue weighted by molar-refractivity contribution is 5.81. The van der Waals surface area contributed by atoms with Crippen LogP contribution in [0.1, 0.15) is 13.3 Å². The Bertz CT molecular complexity index is 178. The van der Waals surface area contributed by atoms with Gasteiger partial charge in [0.15, 0.2) is 5.84 Å². The third-order valence-electron chi connectivity index (χ3n) is 2.41. The number of ether oxygens (including phenoxy) is 1. The van der Waals surface area contributed by atoms with Crippen molar-refractivity contribution < 1.29 is 9.94 Å². The molecule has 5 heteroatoms. The van der Waals surface area contributed by atoms with E-state index in [1.54, 1.807) is 0 Å². The number of nitrogens with two attached hydrogens (primary N) is 1. The summed E-state index contributed by atoms with van der Waals surface area (Å²) in [5.74, 6) is 0.761. The van der Waals surface area contributed by atoms with Crippen LogP contribution in [0.25, 0.3) is 0 Å². The molecule has 0 spiro atoms. The standard InChI is InChI=1S/C8H17N3O2/c1-6(7-2-3-13-5-7)10-4-8(9)11-12/h6-7,10,12H,2-5H2,1H3,(H2,9,11). The molecule has 0 amide bonds. The Hall–Kier alpha value is -0.810. The molecule has 1 heterocycles. The minimum absolute atomic E-state index is 0.214. The van der Waals surface area contributed by atoms with E-state index in [0.29, 0.717) is 18.5 Å². The van der Waals surface area contributed by atoms with Gasteiger partial charge in [-0.1, -0.05) is 5.16 Å². The second-order valence-corrected chi connectivity index (χ2v) is 3.38. The van der Waals surface area contributed by atoms with E-state index in [2.05, 4.69) is 17.4 Å². The van der Waals surface area contributed by atoms with Crippen LogP contribution >= 0.6 is 0 Å². The fourth-order valence-electron chi connectivity index (χ4n) is 1.41. The van der Waals surface area contributed by atoms with Gasteiger partial charge in [0.25, 0.3) is 0 Å². The van der Waals surface area contributed by atoms with E-state index in [9.17, 15) is 0 Å². The van der Waals surface area contributed by atoms with Gasteiger partial charge in [-0.2, -0.15) is 0 Å². The van der Waals surface area contributed by atoms with Gasteiger partial charge in [0, 0.05) is 12.6 Å². The van der Waals surface area contributed by atoms with Gasteiger partial charge < -0.3 is 21.0 Å². The van der Waals surface area contributed by atoms with E-state index in [1.165, 1.54) is 0 Å². The highest BCUT2D eigenvalue weighted by Crippen LogP contribution is 2.15. The van der Waals surface area contributed by atoms with Crippen LogP contribution in [0, 0.1) is 5.92 Å². The molecule has 1 rings (SSSR count). The predicted octanol–water partition coefficient (Wildman–Crippen LogP) is -0.253. The lowest BCUT2D eigenvalue weighted by molar-refractivity contribution is 0.179. The Balaban J connectivity index is 2.20. The monoisotopic (exact) mass is 187 g/mol. The molecule has 5 nitrogen and oxygen atoms in total. The summed E-state index contributed by atoms with van der Waals surface area (Å²) in [7, 11) is 0. The van der Waals surface area contributed by atoms with Crippen LogP contribution in [-0.2, 0) is 4.74 Å². The van der Waals surface area contributed by atoms with E-state index in [4.69, 9.17) is 15.7 Å². The zero-order valence-electron chi connectivity index (χ0n) is 7.86. The predicted molar refractivity (Wildman–Crippen MR) is 49.8 cm³/mol. The highest BCUT2D eigenvalue weighted by atomic mass is 16.5. The number of hydrogen-bond donors (Lipinski definition) is 3. The van der Waals surface area contributed by atoms with Crippen LogP contribution in [0.5, 0.6) is 0 Å². The van der Waals surface area contributed by atoms with Gasteiger partial charge in [-0.3, -0.25) is 0 Å². The summed E-state index contributed by atoms with van der Waals surface area (Å²) in [4.78, 5) is 0. The Morgan fingerprint density at radius 1 is 1.85 bits per heavy atom. The van der Waals surface area contributed by atoms with Gasteiger partial charge in [0.2, 0.25) is 0 Å². The first-order valence-corrected chi connectivity index (χ1v) is 4.51. The molecule has 1 saturated heterocycles. The number of amidine groups is 1. The lowest BCUT2D eigenvalue weighted by Gasteiger charge is -2.18. The molecule has 76 valence electrons. The molecule has 0 bridgehead atoms. The molecule has 1 fully saturated rings. The molecule has 0 aromatic carbocycles. The molecule has 1 aliphatic rings. The van der Waals surface area contributed by atoms with Gasteiger partial charge in [0.05, 0.1) is 13.2 Å². The van der Waals surface area contributed by atoms with E-state index in [-0.39, 0.29) is 5.84 Å². The lowest BCUT2D eigenvalue weighted by Crippen LogP contribution is -2.39. The first-order chi connectivity index (χ1) is 6.24. The fourth-order valence-corrected chi connectivity index (χ4v) is 1.41. The maximum atomic E-state index is 8.31. The first kappa shape index (κ1) is 10.3. The maximum Gasteiger partial charge on any atom is 0.153 e. The minimum atomic E-state index is 0.214. The molecule has 4 N–H and O–H groups in total. The molecule has 0 aromatic rings. The van der Waals surface area contributed by atoms with E-state index >= 15 is 0 Å². The number of hydrogen-bond acceptors (Lipinski definition) is 4. The normalized spacial score (nSPS) is 26.2. The van der Waals surface area contributed by atoms with Crippen molar-refractivity contribution >= 4 is 5.84 Å². The molecule has 0 aromatic heterocycles. The second-order valence-electron chi connectivity index (χ2n) is 3.38. The van der Waals surface area contributed by atoms with Crippen LogP contribution < -0.4 is 11.1 Å². The fraction of sp³-hybridized carbons (Fsp3) is 0.875. The van der Waals surface area contributed by atoms with Crippen LogP contribution in [-0.4, -0.2) is 36.8 Å². The van der Waals surface area contributed by atoms with Crippen molar-refractivity contribution in [3.05, 3.63) is 0 Å². The summed E-state index contributed by atoms with van der Waals surface area (Å²) >= 11 is 0. The Morgan fingerprint density at radius 3 is 3.15 bits per heavy atom. The molecule has 2 atom stereocenters. The summed E-state index contributed by atoms with van der Waals surface area (Å²) < 4.78 is 5.26. The van der Waals surface area contributed by atoms with Gasteiger partial charge in [-0.05, 0) is 19.3 Å². The number of nitrogens with zero attached hydrogens (tertiary/aromatic N) is 1. The van der Waals surface area contributed by atoms with Crippen LogP contribution in [0.15, 0.2) is 5.16 Å². The molecule has 0 radical (unpaired) electrons. The zero-order valence-corrected chi connectivity index (χ0v) is 7.86. The van der Waals surface area contributed by atoms with Gasteiger partial charge in [-0.25, -0.2) is 0 Å². The molecule has 1 aliphatic heterocycles. The Kier molecular flexibility index (Phi) is 3.98. The van der Waals surface area contributed by atoms with Crippen molar-refractivity contribution in [2.45, 2.75) is 19.4 Å². The number of nitrogens with one attached hydrogen (secondary N) is 1. The summed E-state index contributed by atoms with van der Waals surface area (Å²) in [5.41, 5.74) is 5.33. The quantitative estimate of drug-likeness (QED) is 0.245. The summed E-state index contributed by atoms with van der Waals surface area (Å²) in [6, 6.07) is 0.350. The number of oxime groups is 1. The molecule has 2 unspecified atom stereocenters.